The molecule has 14 heteroatoms. The SMILES string of the molecule is CCCNC(=O)[C@@H](Cc1ccccc1)N(Cc1ccccc1Cl)C(=O)CN(c1cc(Cl)ccc1OC)S(=O)(=O)c1ccc(C)c([N+](=O)[O-])c1. The first-order valence-electron chi connectivity index (χ1n) is 15.3. The molecule has 0 aliphatic heterocycles. The summed E-state index contributed by atoms with van der Waals surface area (Å²) in [5.74, 6) is -1.11. The Hall–Kier alpha value is -4.65. The zero-order valence-electron chi connectivity index (χ0n) is 27.1. The minimum Gasteiger partial charge on any atom is -0.495 e. The fourth-order valence-corrected chi connectivity index (χ4v) is 6.97. The summed E-state index contributed by atoms with van der Waals surface area (Å²) >= 11 is 12.9. The number of nitro benzene ring substituents is 1. The Morgan fingerprint density at radius 1 is 0.980 bits per heavy atom. The number of methoxy groups -OCH3 is 1. The lowest BCUT2D eigenvalue weighted by molar-refractivity contribution is -0.385. The summed E-state index contributed by atoms with van der Waals surface area (Å²) in [5, 5.41) is 15.1. The monoisotopic (exact) mass is 726 g/mol. The number of nitrogens with one attached hydrogen (secondary N) is 1. The van der Waals surface area contributed by atoms with Crippen LogP contribution in [0, 0.1) is 17.0 Å². The van der Waals surface area contributed by atoms with Gasteiger partial charge in [-0.25, -0.2) is 8.42 Å². The number of halogens is 2. The van der Waals surface area contributed by atoms with Crippen LogP contribution in [0.1, 0.15) is 30.0 Å². The van der Waals surface area contributed by atoms with Crippen LogP contribution in [0.15, 0.2) is 95.9 Å². The molecule has 0 saturated heterocycles. The molecule has 4 aromatic rings. The molecule has 1 atom stereocenters. The third kappa shape index (κ3) is 9.08. The second kappa shape index (κ2) is 16.6. The average Bonchev–Trinajstić information content (AvgIpc) is 3.08. The Balaban J connectivity index is 1.89. The molecule has 11 nitrogen and oxygen atoms in total. The first-order chi connectivity index (χ1) is 23.4. The molecule has 4 rings (SSSR count). The summed E-state index contributed by atoms with van der Waals surface area (Å²) < 4.78 is 35.1. The number of sulfonamides is 1. The van der Waals surface area contributed by atoms with Crippen molar-refractivity contribution in [2.75, 3.05) is 24.5 Å². The standard InChI is InChI=1S/C35H36Cl2N4O7S/c1-4-18-38-35(43)32(19-25-10-6-5-7-11-25)39(22-26-12-8-9-13-29(26)37)34(42)23-40(31-20-27(36)15-17-33(31)48-3)49(46,47)28-16-14-24(2)30(21-28)41(44)45/h5-17,20-21,32H,4,18-19,22-23H2,1-3H3,(H,38,43)/t32-/m1/s1. The quantitative estimate of drug-likeness (QED) is 0.108. The molecule has 0 unspecified atom stereocenters. The first kappa shape index (κ1) is 37.2. The number of nitrogens with zero attached hydrogens (tertiary/aromatic N) is 3. The number of amides is 2. The predicted octanol–water partition coefficient (Wildman–Crippen LogP) is 6.58. The van der Waals surface area contributed by atoms with Crippen molar-refractivity contribution in [2.45, 2.75) is 44.2 Å². The van der Waals surface area contributed by atoms with Gasteiger partial charge in [-0.15, -0.1) is 0 Å². The van der Waals surface area contributed by atoms with Crippen LogP contribution in [0.4, 0.5) is 11.4 Å². The van der Waals surface area contributed by atoms with E-state index < -0.39 is 49.9 Å². The van der Waals surface area contributed by atoms with Crippen molar-refractivity contribution in [1.82, 2.24) is 10.2 Å². The van der Waals surface area contributed by atoms with E-state index in [1.54, 1.807) is 24.3 Å². The molecule has 1 N–H and O–H groups in total. The van der Waals surface area contributed by atoms with E-state index >= 15 is 0 Å². The zero-order valence-corrected chi connectivity index (χ0v) is 29.5. The number of nitro groups is 1. The fourth-order valence-electron chi connectivity index (χ4n) is 5.18. The number of hydrogen-bond acceptors (Lipinski definition) is 7. The Labute approximate surface area is 295 Å². The van der Waals surface area contributed by atoms with Gasteiger partial charge in [-0.1, -0.05) is 84.7 Å². The first-order valence-corrected chi connectivity index (χ1v) is 17.5. The molecule has 0 fully saturated rings. The zero-order chi connectivity index (χ0) is 35.7. The van der Waals surface area contributed by atoms with Gasteiger partial charge >= 0.3 is 0 Å². The number of aryl methyl sites for hydroxylation is 1. The largest absolute Gasteiger partial charge is 0.495 e. The van der Waals surface area contributed by atoms with E-state index in [4.69, 9.17) is 27.9 Å². The van der Waals surface area contributed by atoms with Crippen LogP contribution in [0.2, 0.25) is 10.0 Å². The minimum absolute atomic E-state index is 0.0709. The molecule has 0 heterocycles. The second-order valence-corrected chi connectivity index (χ2v) is 13.8. The molecule has 0 radical (unpaired) electrons. The van der Waals surface area contributed by atoms with Crippen molar-refractivity contribution >= 4 is 56.4 Å². The van der Waals surface area contributed by atoms with Crippen LogP contribution in [0.3, 0.4) is 0 Å². The van der Waals surface area contributed by atoms with E-state index in [0.717, 1.165) is 15.9 Å². The van der Waals surface area contributed by atoms with Gasteiger partial charge in [0, 0.05) is 41.2 Å². The Morgan fingerprint density at radius 3 is 2.33 bits per heavy atom. The molecular weight excluding hydrogens is 691 g/mol. The summed E-state index contributed by atoms with van der Waals surface area (Å²) in [5.41, 5.74) is 1.05. The highest BCUT2D eigenvalue weighted by atomic mass is 35.5. The molecule has 0 bridgehead atoms. The van der Waals surface area contributed by atoms with Crippen LogP contribution in [-0.2, 0) is 32.6 Å². The van der Waals surface area contributed by atoms with Gasteiger partial charge in [-0.05, 0) is 54.8 Å². The Bertz CT molecular complexity index is 1930. The second-order valence-electron chi connectivity index (χ2n) is 11.1. The minimum atomic E-state index is -4.69. The van der Waals surface area contributed by atoms with Crippen molar-refractivity contribution in [2.24, 2.45) is 0 Å². The third-order valence-corrected chi connectivity index (χ3v) is 10.1. The fraction of sp³-hybridized carbons (Fsp3) is 0.257. The van der Waals surface area contributed by atoms with Gasteiger partial charge in [0.25, 0.3) is 15.7 Å². The van der Waals surface area contributed by atoms with E-state index in [9.17, 15) is 28.1 Å². The van der Waals surface area contributed by atoms with E-state index in [2.05, 4.69) is 5.32 Å². The van der Waals surface area contributed by atoms with Crippen molar-refractivity contribution in [3.05, 3.63) is 128 Å². The summed E-state index contributed by atoms with van der Waals surface area (Å²) in [7, 11) is -3.36. The number of hydrogen-bond donors (Lipinski definition) is 1. The Kier molecular flexibility index (Phi) is 12.6. The van der Waals surface area contributed by atoms with Gasteiger partial charge in [-0.3, -0.25) is 24.0 Å². The molecule has 0 saturated carbocycles. The third-order valence-electron chi connectivity index (χ3n) is 7.77. The lowest BCUT2D eigenvalue weighted by atomic mass is 10.0. The van der Waals surface area contributed by atoms with Gasteiger partial charge in [0.2, 0.25) is 11.8 Å². The van der Waals surface area contributed by atoms with Crippen LogP contribution in [-0.4, -0.2) is 56.3 Å². The number of benzene rings is 4. The van der Waals surface area contributed by atoms with Gasteiger partial charge in [0.05, 0.1) is 22.6 Å². The van der Waals surface area contributed by atoms with Crippen molar-refractivity contribution in [3.8, 4) is 5.75 Å². The number of rotatable bonds is 15. The molecule has 49 heavy (non-hydrogen) atoms. The maximum atomic E-state index is 14.7. The summed E-state index contributed by atoms with van der Waals surface area (Å²) in [6.45, 7) is 2.78. The van der Waals surface area contributed by atoms with Gasteiger partial charge in [-0.2, -0.15) is 0 Å². The molecule has 0 aliphatic carbocycles. The van der Waals surface area contributed by atoms with Gasteiger partial charge < -0.3 is 15.0 Å². The highest BCUT2D eigenvalue weighted by Crippen LogP contribution is 2.36. The normalized spacial score (nSPS) is 11.8. The van der Waals surface area contributed by atoms with Crippen molar-refractivity contribution < 1.29 is 27.7 Å². The molecule has 4 aromatic carbocycles. The number of anilines is 1. The molecule has 2 amide bonds. The van der Waals surface area contributed by atoms with Crippen LogP contribution < -0.4 is 14.4 Å². The van der Waals surface area contributed by atoms with Gasteiger partial charge in [0.15, 0.2) is 0 Å². The van der Waals surface area contributed by atoms with Crippen LogP contribution in [0.25, 0.3) is 0 Å². The van der Waals surface area contributed by atoms with E-state index in [1.807, 2.05) is 37.3 Å². The smallest absolute Gasteiger partial charge is 0.273 e. The highest BCUT2D eigenvalue weighted by molar-refractivity contribution is 7.92. The molecule has 0 aromatic heterocycles. The van der Waals surface area contributed by atoms with Gasteiger partial charge in [0.1, 0.15) is 18.3 Å². The van der Waals surface area contributed by atoms with E-state index in [-0.39, 0.29) is 35.0 Å². The predicted molar refractivity (Wildman–Crippen MR) is 190 cm³/mol. The highest BCUT2D eigenvalue weighted by Gasteiger charge is 2.36. The van der Waals surface area contributed by atoms with Crippen LogP contribution in [0.5, 0.6) is 5.75 Å². The molecular formula is C35H36Cl2N4O7S. The molecule has 0 aliphatic rings. The Morgan fingerprint density at radius 2 is 1.67 bits per heavy atom. The summed E-state index contributed by atoms with van der Waals surface area (Å²) in [6.07, 6.45) is 0.759. The van der Waals surface area contributed by atoms with Crippen molar-refractivity contribution in [1.29, 1.82) is 0 Å². The lowest BCUT2D eigenvalue weighted by Gasteiger charge is -2.34. The summed E-state index contributed by atoms with van der Waals surface area (Å²) in [4.78, 5) is 40.4. The van der Waals surface area contributed by atoms with E-state index in [1.165, 1.54) is 49.3 Å². The topological polar surface area (TPSA) is 139 Å². The average molecular weight is 728 g/mol. The van der Waals surface area contributed by atoms with Crippen molar-refractivity contribution in [3.63, 3.8) is 0 Å². The summed E-state index contributed by atoms with van der Waals surface area (Å²) in [6, 6.07) is 22.6. The maximum Gasteiger partial charge on any atom is 0.273 e. The lowest BCUT2D eigenvalue weighted by Crippen LogP contribution is -2.53. The number of ether oxygens (including phenoxy) is 1. The molecule has 258 valence electrons. The van der Waals surface area contributed by atoms with E-state index in [0.29, 0.717) is 23.6 Å². The number of carbonyl (C=O) groups is 2. The maximum absolute atomic E-state index is 14.7. The molecule has 0 spiro atoms. The van der Waals surface area contributed by atoms with Crippen LogP contribution >= 0.6 is 23.2 Å². The number of carbonyl (C=O) groups excluding carboxylic acids is 2.